The van der Waals surface area contributed by atoms with E-state index in [1.165, 1.54) is 0 Å². The molecule has 0 aliphatic carbocycles. The lowest BCUT2D eigenvalue weighted by Crippen LogP contribution is -1.95. The zero-order valence-electron chi connectivity index (χ0n) is 14.9. The lowest BCUT2D eigenvalue weighted by atomic mass is 10.0. The van der Waals surface area contributed by atoms with Gasteiger partial charge >= 0.3 is 0 Å². The number of pyridine rings is 1. The Kier molecular flexibility index (Phi) is 3.46. The van der Waals surface area contributed by atoms with Crippen LogP contribution in [-0.4, -0.2) is 29.5 Å². The molecular weight excluding hydrogens is 340 g/mol. The van der Waals surface area contributed by atoms with Gasteiger partial charge < -0.3 is 4.52 Å². The number of hydrogen-bond donors (Lipinski definition) is 0. The van der Waals surface area contributed by atoms with E-state index in [-0.39, 0.29) is 0 Å². The van der Waals surface area contributed by atoms with Gasteiger partial charge in [0.05, 0.1) is 23.5 Å². The van der Waals surface area contributed by atoms with E-state index in [4.69, 9.17) is 9.51 Å². The first-order valence-corrected chi connectivity index (χ1v) is 8.72. The fourth-order valence-electron chi connectivity index (χ4n) is 3.11. The van der Waals surface area contributed by atoms with Crippen molar-refractivity contribution in [3.8, 4) is 23.0 Å². The molecule has 0 fully saturated rings. The summed E-state index contributed by atoms with van der Waals surface area (Å²) >= 11 is 0. The summed E-state index contributed by atoms with van der Waals surface area (Å²) < 4.78 is 7.50. The summed E-state index contributed by atoms with van der Waals surface area (Å²) in [6, 6.07) is 10.0. The molecule has 0 unspecified atom stereocenters. The molecule has 0 atom stereocenters. The highest BCUT2D eigenvalue weighted by Crippen LogP contribution is 2.31. The Morgan fingerprint density at radius 3 is 2.85 bits per heavy atom. The van der Waals surface area contributed by atoms with Crippen molar-refractivity contribution in [1.82, 2.24) is 29.5 Å². The van der Waals surface area contributed by atoms with Crippen LogP contribution in [0.2, 0.25) is 0 Å². The van der Waals surface area contributed by atoms with Crippen molar-refractivity contribution in [1.29, 1.82) is 0 Å². The third-order valence-electron chi connectivity index (χ3n) is 4.53. The minimum Gasteiger partial charge on any atom is -0.334 e. The standard InChI is InChI=1S/C20H16N6O/c1-12(2)16-9-14(13-5-3-4-6-15(13)23-16)20-24-19(25-27-20)17-10-22-18-11-21-7-8-26(17)18/h3-12H,1-2H3. The van der Waals surface area contributed by atoms with E-state index in [9.17, 15) is 0 Å². The Bertz CT molecular complexity index is 1270. The summed E-state index contributed by atoms with van der Waals surface area (Å²) in [5.41, 5.74) is 4.28. The normalized spacial score (nSPS) is 11.7. The van der Waals surface area contributed by atoms with Crippen LogP contribution in [-0.2, 0) is 0 Å². The fraction of sp³-hybridized carbons (Fsp3) is 0.150. The molecule has 0 bridgehead atoms. The maximum absolute atomic E-state index is 5.62. The Balaban J connectivity index is 1.68. The van der Waals surface area contributed by atoms with E-state index < -0.39 is 0 Å². The van der Waals surface area contributed by atoms with Gasteiger partial charge in [-0.05, 0) is 18.1 Å². The van der Waals surface area contributed by atoms with E-state index in [0.29, 0.717) is 17.6 Å². The van der Waals surface area contributed by atoms with Gasteiger partial charge in [0.1, 0.15) is 5.69 Å². The fourth-order valence-corrected chi connectivity index (χ4v) is 3.11. The van der Waals surface area contributed by atoms with Gasteiger partial charge in [0.25, 0.3) is 5.89 Å². The lowest BCUT2D eigenvalue weighted by Gasteiger charge is -2.09. The van der Waals surface area contributed by atoms with Gasteiger partial charge in [-0.15, -0.1) is 0 Å². The average molecular weight is 356 g/mol. The lowest BCUT2D eigenvalue weighted by molar-refractivity contribution is 0.432. The summed E-state index contributed by atoms with van der Waals surface area (Å²) in [5.74, 6) is 1.24. The smallest absolute Gasteiger partial charge is 0.259 e. The van der Waals surface area contributed by atoms with Crippen LogP contribution in [0.15, 0.2) is 59.6 Å². The molecule has 5 aromatic rings. The Morgan fingerprint density at radius 1 is 1.07 bits per heavy atom. The zero-order chi connectivity index (χ0) is 18.4. The molecule has 0 amide bonds. The molecule has 132 valence electrons. The zero-order valence-corrected chi connectivity index (χ0v) is 14.9. The van der Waals surface area contributed by atoms with Crippen molar-refractivity contribution in [3.63, 3.8) is 0 Å². The first-order valence-electron chi connectivity index (χ1n) is 8.72. The van der Waals surface area contributed by atoms with Crippen molar-refractivity contribution in [2.45, 2.75) is 19.8 Å². The second-order valence-electron chi connectivity index (χ2n) is 6.64. The highest BCUT2D eigenvalue weighted by molar-refractivity contribution is 5.92. The summed E-state index contributed by atoms with van der Waals surface area (Å²) in [4.78, 5) is 17.8. The van der Waals surface area contributed by atoms with Crippen LogP contribution >= 0.6 is 0 Å². The van der Waals surface area contributed by atoms with Crippen LogP contribution in [0.1, 0.15) is 25.5 Å². The van der Waals surface area contributed by atoms with Gasteiger partial charge in [-0.25, -0.2) is 4.98 Å². The molecule has 0 saturated carbocycles. The van der Waals surface area contributed by atoms with Crippen LogP contribution in [0.5, 0.6) is 0 Å². The molecule has 0 N–H and O–H groups in total. The summed E-state index contributed by atoms with van der Waals surface area (Å²) in [6.45, 7) is 4.24. The minimum absolute atomic E-state index is 0.294. The van der Waals surface area contributed by atoms with Gasteiger partial charge in [-0.3, -0.25) is 14.4 Å². The maximum atomic E-state index is 5.62. The average Bonchev–Trinajstić information content (AvgIpc) is 3.34. The number of aromatic nitrogens is 6. The number of nitrogens with zero attached hydrogens (tertiary/aromatic N) is 6. The third kappa shape index (κ3) is 2.55. The SMILES string of the molecule is CC(C)c1cc(-c2nc(-c3cnc4cnccn34)no2)c2ccccc2n1. The summed E-state index contributed by atoms with van der Waals surface area (Å²) in [6.07, 6.45) is 6.93. The predicted octanol–water partition coefficient (Wildman–Crippen LogP) is 4.12. The second-order valence-corrected chi connectivity index (χ2v) is 6.64. The maximum Gasteiger partial charge on any atom is 0.259 e. The van der Waals surface area contributed by atoms with Crippen LogP contribution in [0.4, 0.5) is 0 Å². The van der Waals surface area contributed by atoms with E-state index in [1.807, 2.05) is 40.9 Å². The number of imidazole rings is 1. The van der Waals surface area contributed by atoms with E-state index in [0.717, 1.165) is 33.5 Å². The van der Waals surface area contributed by atoms with Gasteiger partial charge in [-0.2, -0.15) is 4.98 Å². The van der Waals surface area contributed by atoms with E-state index in [2.05, 4.69) is 34.0 Å². The molecule has 5 rings (SSSR count). The molecule has 0 radical (unpaired) electrons. The van der Waals surface area contributed by atoms with Gasteiger partial charge in [-0.1, -0.05) is 37.2 Å². The van der Waals surface area contributed by atoms with E-state index >= 15 is 0 Å². The summed E-state index contributed by atoms with van der Waals surface area (Å²) in [7, 11) is 0. The molecule has 0 aliphatic rings. The molecule has 1 aromatic carbocycles. The number of benzene rings is 1. The highest BCUT2D eigenvalue weighted by Gasteiger charge is 2.18. The molecule has 7 nitrogen and oxygen atoms in total. The Hall–Kier alpha value is -3.61. The van der Waals surface area contributed by atoms with Gasteiger partial charge in [0.2, 0.25) is 5.82 Å². The molecule has 4 heterocycles. The first-order chi connectivity index (χ1) is 13.2. The van der Waals surface area contributed by atoms with E-state index in [1.54, 1.807) is 18.6 Å². The van der Waals surface area contributed by atoms with Crippen molar-refractivity contribution in [2.24, 2.45) is 0 Å². The summed E-state index contributed by atoms with van der Waals surface area (Å²) in [5, 5.41) is 5.16. The quantitative estimate of drug-likeness (QED) is 0.484. The molecular formula is C20H16N6O. The van der Waals surface area contributed by atoms with Gasteiger partial charge in [0, 0.05) is 23.5 Å². The van der Waals surface area contributed by atoms with Crippen molar-refractivity contribution in [3.05, 3.63) is 60.8 Å². The molecule has 0 aliphatic heterocycles. The van der Waals surface area contributed by atoms with Crippen LogP contribution < -0.4 is 0 Å². The third-order valence-corrected chi connectivity index (χ3v) is 4.53. The Labute approximate surface area is 154 Å². The second kappa shape index (κ2) is 5.98. The Morgan fingerprint density at radius 2 is 1.96 bits per heavy atom. The number of rotatable bonds is 3. The van der Waals surface area contributed by atoms with Crippen molar-refractivity contribution in [2.75, 3.05) is 0 Å². The molecule has 4 aromatic heterocycles. The number of para-hydroxylation sites is 1. The van der Waals surface area contributed by atoms with Crippen molar-refractivity contribution >= 4 is 16.6 Å². The van der Waals surface area contributed by atoms with Crippen LogP contribution in [0.25, 0.3) is 39.5 Å². The highest BCUT2D eigenvalue weighted by atomic mass is 16.5. The monoisotopic (exact) mass is 356 g/mol. The van der Waals surface area contributed by atoms with Crippen LogP contribution in [0, 0.1) is 0 Å². The van der Waals surface area contributed by atoms with Gasteiger partial charge in [0.15, 0.2) is 5.65 Å². The first kappa shape index (κ1) is 15.6. The number of hydrogen-bond acceptors (Lipinski definition) is 6. The largest absolute Gasteiger partial charge is 0.334 e. The molecule has 7 heteroatoms. The minimum atomic E-state index is 0.294. The topological polar surface area (TPSA) is 82.0 Å². The predicted molar refractivity (Wildman–Crippen MR) is 101 cm³/mol. The molecule has 0 spiro atoms. The van der Waals surface area contributed by atoms with Crippen LogP contribution in [0.3, 0.4) is 0 Å². The van der Waals surface area contributed by atoms with Crippen molar-refractivity contribution < 1.29 is 4.52 Å². The molecule has 27 heavy (non-hydrogen) atoms. The number of fused-ring (bicyclic) bond motifs is 2. The molecule has 0 saturated heterocycles.